The summed E-state index contributed by atoms with van der Waals surface area (Å²) < 4.78 is 2.23. The molecule has 0 saturated carbocycles. The molecule has 2 aromatic rings. The molecular weight excluding hydrogens is 278 g/mol. The number of aliphatic hydroxyl groups excluding tert-OH is 1. The highest BCUT2D eigenvalue weighted by Crippen LogP contribution is 2.16. The maximum atomic E-state index is 11.7. The normalized spacial score (nSPS) is 12.5. The number of hydrogen-bond acceptors (Lipinski definition) is 3. The Morgan fingerprint density at radius 3 is 2.91 bits per heavy atom. The third-order valence-corrected chi connectivity index (χ3v) is 3.64. The summed E-state index contributed by atoms with van der Waals surface area (Å²) >= 11 is 0. The number of rotatable bonds is 8. The molecule has 1 amide bonds. The summed E-state index contributed by atoms with van der Waals surface area (Å²) in [5.74, 6) is 0.998. The molecular formula is C17H25N3O2. The highest BCUT2D eigenvalue weighted by molar-refractivity contribution is 5.76. The van der Waals surface area contributed by atoms with Crippen LogP contribution >= 0.6 is 0 Å². The second-order valence-electron chi connectivity index (χ2n) is 5.66. The summed E-state index contributed by atoms with van der Waals surface area (Å²) in [7, 11) is 0. The van der Waals surface area contributed by atoms with Crippen molar-refractivity contribution in [3.05, 3.63) is 30.1 Å². The molecule has 0 spiro atoms. The van der Waals surface area contributed by atoms with Crippen molar-refractivity contribution in [1.82, 2.24) is 14.9 Å². The van der Waals surface area contributed by atoms with Gasteiger partial charge in [-0.15, -0.1) is 0 Å². The van der Waals surface area contributed by atoms with E-state index in [1.165, 1.54) is 0 Å². The lowest BCUT2D eigenvalue weighted by atomic mass is 10.2. The molecule has 0 aliphatic carbocycles. The van der Waals surface area contributed by atoms with E-state index in [1.807, 2.05) is 18.2 Å². The van der Waals surface area contributed by atoms with Crippen LogP contribution in [0.3, 0.4) is 0 Å². The van der Waals surface area contributed by atoms with E-state index < -0.39 is 6.10 Å². The fourth-order valence-corrected chi connectivity index (χ4v) is 2.53. The number of aromatic nitrogens is 2. The summed E-state index contributed by atoms with van der Waals surface area (Å²) in [5.41, 5.74) is 2.16. The molecule has 1 heterocycles. The lowest BCUT2D eigenvalue weighted by Gasteiger charge is -2.09. The molecule has 0 saturated heterocycles. The molecule has 1 aromatic carbocycles. The van der Waals surface area contributed by atoms with Gasteiger partial charge in [0.1, 0.15) is 5.82 Å². The molecule has 0 unspecified atom stereocenters. The van der Waals surface area contributed by atoms with E-state index in [0.29, 0.717) is 19.4 Å². The van der Waals surface area contributed by atoms with Crippen molar-refractivity contribution in [2.45, 2.75) is 52.2 Å². The molecule has 2 N–H and O–H groups in total. The zero-order chi connectivity index (χ0) is 15.9. The van der Waals surface area contributed by atoms with Crippen molar-refractivity contribution in [1.29, 1.82) is 0 Å². The number of amides is 1. The number of aliphatic hydroxyl groups is 1. The van der Waals surface area contributed by atoms with Crippen LogP contribution in [0.4, 0.5) is 0 Å². The van der Waals surface area contributed by atoms with Crippen LogP contribution in [0.2, 0.25) is 0 Å². The second kappa shape index (κ2) is 7.94. The summed E-state index contributed by atoms with van der Waals surface area (Å²) in [6.07, 6.45) is 2.20. The number of nitrogens with zero attached hydrogens (tertiary/aromatic N) is 2. The quantitative estimate of drug-likeness (QED) is 0.786. The fraction of sp³-hybridized carbons (Fsp3) is 0.529. The first kappa shape index (κ1) is 16.5. The van der Waals surface area contributed by atoms with Crippen molar-refractivity contribution in [2.24, 2.45) is 0 Å². The lowest BCUT2D eigenvalue weighted by Crippen LogP contribution is -2.27. The van der Waals surface area contributed by atoms with Gasteiger partial charge in [0.15, 0.2) is 0 Å². The van der Waals surface area contributed by atoms with Gasteiger partial charge in [0, 0.05) is 25.9 Å². The van der Waals surface area contributed by atoms with Crippen molar-refractivity contribution >= 4 is 16.9 Å². The van der Waals surface area contributed by atoms with E-state index in [2.05, 4.69) is 27.9 Å². The van der Waals surface area contributed by atoms with Gasteiger partial charge in [-0.25, -0.2) is 4.98 Å². The van der Waals surface area contributed by atoms with Gasteiger partial charge < -0.3 is 15.0 Å². The molecule has 0 aliphatic heterocycles. The molecule has 0 bridgehead atoms. The Balaban J connectivity index is 1.96. The fourth-order valence-electron chi connectivity index (χ4n) is 2.53. The number of carbonyl (C=O) groups is 1. The maximum absolute atomic E-state index is 11.7. The third kappa shape index (κ3) is 4.31. The first-order chi connectivity index (χ1) is 10.6. The molecule has 2 rings (SSSR count). The van der Waals surface area contributed by atoms with Crippen LogP contribution in [0.5, 0.6) is 0 Å². The topological polar surface area (TPSA) is 67.2 Å². The maximum Gasteiger partial charge on any atom is 0.220 e. The number of para-hydroxylation sites is 2. The number of hydrogen-bond donors (Lipinski definition) is 2. The average Bonchev–Trinajstić information content (AvgIpc) is 2.84. The predicted molar refractivity (Wildman–Crippen MR) is 87.7 cm³/mol. The van der Waals surface area contributed by atoms with Gasteiger partial charge in [-0.05, 0) is 31.9 Å². The smallest absolute Gasteiger partial charge is 0.220 e. The number of aryl methyl sites for hydroxylation is 1. The highest BCUT2D eigenvalue weighted by Gasteiger charge is 2.10. The summed E-state index contributed by atoms with van der Waals surface area (Å²) in [6.45, 7) is 5.36. The highest BCUT2D eigenvalue weighted by atomic mass is 16.3. The average molecular weight is 303 g/mol. The van der Waals surface area contributed by atoms with Gasteiger partial charge in [0.05, 0.1) is 17.1 Å². The first-order valence-electron chi connectivity index (χ1n) is 8.00. The number of fused-ring (bicyclic) bond motifs is 1. The monoisotopic (exact) mass is 303 g/mol. The minimum absolute atomic E-state index is 0.0148. The van der Waals surface area contributed by atoms with Crippen molar-refractivity contribution in [3.8, 4) is 0 Å². The van der Waals surface area contributed by atoms with E-state index in [9.17, 15) is 9.90 Å². The molecule has 0 radical (unpaired) electrons. The number of carbonyl (C=O) groups excluding carboxylic acids is 1. The van der Waals surface area contributed by atoms with Crippen molar-refractivity contribution in [2.75, 3.05) is 6.54 Å². The molecule has 22 heavy (non-hydrogen) atoms. The van der Waals surface area contributed by atoms with Gasteiger partial charge in [-0.1, -0.05) is 19.1 Å². The molecule has 0 fully saturated rings. The summed E-state index contributed by atoms with van der Waals surface area (Å²) in [5, 5.41) is 12.1. The Hall–Kier alpha value is -1.88. The first-order valence-corrected chi connectivity index (χ1v) is 8.00. The minimum atomic E-state index is -0.431. The van der Waals surface area contributed by atoms with Crippen molar-refractivity contribution in [3.63, 3.8) is 0 Å². The molecule has 5 nitrogen and oxygen atoms in total. The van der Waals surface area contributed by atoms with Crippen molar-refractivity contribution < 1.29 is 9.90 Å². The predicted octanol–water partition coefficient (Wildman–Crippen LogP) is 2.27. The van der Waals surface area contributed by atoms with Crippen LogP contribution in [0, 0.1) is 0 Å². The summed E-state index contributed by atoms with van der Waals surface area (Å²) in [6, 6.07) is 8.12. The number of imidazole rings is 1. The Morgan fingerprint density at radius 1 is 1.41 bits per heavy atom. The van der Waals surface area contributed by atoms with Gasteiger partial charge in [0.2, 0.25) is 5.91 Å². The van der Waals surface area contributed by atoms with Gasteiger partial charge in [-0.3, -0.25) is 4.79 Å². The zero-order valence-corrected chi connectivity index (χ0v) is 13.4. The molecule has 120 valence electrons. The second-order valence-corrected chi connectivity index (χ2v) is 5.66. The van der Waals surface area contributed by atoms with Crippen LogP contribution in [-0.4, -0.2) is 33.2 Å². The van der Waals surface area contributed by atoms with E-state index in [-0.39, 0.29) is 5.91 Å². The Bertz CT molecular complexity index is 619. The Kier molecular flexibility index (Phi) is 5.95. The molecule has 0 aliphatic rings. The molecule has 1 aromatic heterocycles. The SMILES string of the molecule is CCCn1c(CCNC(=O)CC[C@H](C)O)nc2ccccc21. The standard InChI is InChI=1S/C17H25N3O2/c1-3-12-20-15-7-5-4-6-14(15)19-16(20)10-11-18-17(22)9-8-13(2)21/h4-7,13,21H,3,8-12H2,1-2H3,(H,18,22)/t13-/m0/s1. The van der Waals surface area contributed by atoms with Crippen LogP contribution in [0.1, 0.15) is 38.9 Å². The Morgan fingerprint density at radius 2 is 2.18 bits per heavy atom. The summed E-state index contributed by atoms with van der Waals surface area (Å²) in [4.78, 5) is 16.3. The number of benzene rings is 1. The van der Waals surface area contributed by atoms with E-state index in [4.69, 9.17) is 0 Å². The van der Waals surface area contributed by atoms with Gasteiger partial charge >= 0.3 is 0 Å². The van der Waals surface area contributed by atoms with Gasteiger partial charge in [0.25, 0.3) is 0 Å². The van der Waals surface area contributed by atoms with Crippen LogP contribution in [-0.2, 0) is 17.8 Å². The lowest BCUT2D eigenvalue weighted by molar-refractivity contribution is -0.121. The Labute approximate surface area is 131 Å². The van der Waals surface area contributed by atoms with Crippen LogP contribution < -0.4 is 5.32 Å². The minimum Gasteiger partial charge on any atom is -0.393 e. The van der Waals surface area contributed by atoms with E-state index in [1.54, 1.807) is 6.92 Å². The number of nitrogens with one attached hydrogen (secondary N) is 1. The zero-order valence-electron chi connectivity index (χ0n) is 13.4. The van der Waals surface area contributed by atoms with E-state index in [0.717, 1.165) is 36.2 Å². The van der Waals surface area contributed by atoms with E-state index >= 15 is 0 Å². The van der Waals surface area contributed by atoms with Crippen LogP contribution in [0.15, 0.2) is 24.3 Å². The largest absolute Gasteiger partial charge is 0.393 e. The molecule has 1 atom stereocenters. The van der Waals surface area contributed by atoms with Gasteiger partial charge in [-0.2, -0.15) is 0 Å². The third-order valence-electron chi connectivity index (χ3n) is 3.64. The van der Waals surface area contributed by atoms with Crippen LogP contribution in [0.25, 0.3) is 11.0 Å². The molecule has 5 heteroatoms.